The van der Waals surface area contributed by atoms with Gasteiger partial charge in [0.05, 0.1) is 12.5 Å². The van der Waals surface area contributed by atoms with Crippen LogP contribution in [-0.2, 0) is 10.0 Å². The van der Waals surface area contributed by atoms with Crippen molar-refractivity contribution in [2.75, 3.05) is 42.7 Å². The van der Waals surface area contributed by atoms with Gasteiger partial charge >= 0.3 is 0 Å². The van der Waals surface area contributed by atoms with Gasteiger partial charge in [-0.25, -0.2) is 17.7 Å². The van der Waals surface area contributed by atoms with E-state index in [-0.39, 0.29) is 12.0 Å². The third kappa shape index (κ3) is 4.04. The van der Waals surface area contributed by atoms with Gasteiger partial charge in [-0.05, 0) is 31.6 Å². The van der Waals surface area contributed by atoms with Crippen LogP contribution >= 0.6 is 0 Å². The minimum Gasteiger partial charge on any atom is -0.367 e. The number of sulfonamides is 1. The number of fused-ring (bicyclic) bond motifs is 1. The van der Waals surface area contributed by atoms with Gasteiger partial charge in [-0.3, -0.25) is 5.10 Å². The summed E-state index contributed by atoms with van der Waals surface area (Å²) in [6.45, 7) is 4.97. The molecule has 0 amide bonds. The minimum absolute atomic E-state index is 0.102. The number of rotatable bonds is 5. The zero-order valence-electron chi connectivity index (χ0n) is 18.4. The average Bonchev–Trinajstić information content (AvgIpc) is 3.44. The van der Waals surface area contributed by atoms with Crippen molar-refractivity contribution >= 4 is 27.3 Å². The number of H-pyrrole nitrogens is 1. The highest BCUT2D eigenvalue weighted by Gasteiger charge is 2.31. The molecule has 12 heteroatoms. The Bertz CT molecular complexity index is 1190. The Morgan fingerprint density at radius 3 is 2.69 bits per heavy atom. The van der Waals surface area contributed by atoms with Crippen molar-refractivity contribution in [1.82, 2.24) is 34.1 Å². The first kappa shape index (κ1) is 21.1. The van der Waals surface area contributed by atoms with Crippen LogP contribution in [0.25, 0.3) is 16.9 Å². The van der Waals surface area contributed by atoms with Gasteiger partial charge in [-0.2, -0.15) is 14.6 Å². The molecule has 2 fully saturated rings. The van der Waals surface area contributed by atoms with Gasteiger partial charge in [-0.1, -0.05) is 6.92 Å². The van der Waals surface area contributed by atoms with Crippen LogP contribution in [0.15, 0.2) is 18.7 Å². The molecule has 2 unspecified atom stereocenters. The fraction of sp³-hybridized carbons (Fsp3) is 0.600. The van der Waals surface area contributed by atoms with Crippen LogP contribution in [0.5, 0.6) is 0 Å². The zero-order valence-corrected chi connectivity index (χ0v) is 19.2. The van der Waals surface area contributed by atoms with E-state index < -0.39 is 10.0 Å². The lowest BCUT2D eigenvalue weighted by atomic mass is 9.95. The fourth-order valence-electron chi connectivity index (χ4n) is 4.70. The van der Waals surface area contributed by atoms with Crippen LogP contribution in [0.2, 0.25) is 0 Å². The summed E-state index contributed by atoms with van der Waals surface area (Å²) in [6, 6.07) is 0.102. The van der Waals surface area contributed by atoms with Crippen LogP contribution < -0.4 is 10.2 Å². The van der Waals surface area contributed by atoms with Crippen molar-refractivity contribution in [1.29, 1.82) is 0 Å². The van der Waals surface area contributed by atoms with Crippen molar-refractivity contribution < 1.29 is 8.42 Å². The lowest BCUT2D eigenvalue weighted by molar-refractivity contribution is 0.262. The quantitative estimate of drug-likeness (QED) is 0.589. The lowest BCUT2D eigenvalue weighted by Gasteiger charge is -2.35. The number of aromatic nitrogens is 6. The highest BCUT2D eigenvalue weighted by atomic mass is 32.2. The molecule has 11 nitrogen and oxygen atoms in total. The van der Waals surface area contributed by atoms with E-state index in [9.17, 15) is 8.42 Å². The Morgan fingerprint density at radius 2 is 2.00 bits per heavy atom. The Kier molecular flexibility index (Phi) is 5.49. The standard InChI is InChI=1S/C20H29N9O2S/c1-14-12-28(32(2,30)31)9-6-16(14)24-20-25-19-18(27-7-4-3-5-8-27)17(15-10-22-23-11-15)21-13-29(19)26-20/h10-11,13-14,16H,3-9,12H2,1-2H3,(H,22,23)(H,24,26). The largest absolute Gasteiger partial charge is 0.367 e. The number of piperidine rings is 2. The molecular weight excluding hydrogens is 430 g/mol. The molecule has 32 heavy (non-hydrogen) atoms. The Hall–Kier alpha value is -2.73. The van der Waals surface area contributed by atoms with Gasteiger partial charge in [0.1, 0.15) is 17.7 Å². The van der Waals surface area contributed by atoms with E-state index in [4.69, 9.17) is 9.97 Å². The SMILES string of the molecule is CC1CN(S(C)(=O)=O)CCC1Nc1nc2c(N3CCCCC3)c(-c3cn[nH]c3)ncn2n1. The van der Waals surface area contributed by atoms with E-state index in [1.54, 1.807) is 21.3 Å². The van der Waals surface area contributed by atoms with Crippen molar-refractivity contribution in [3.05, 3.63) is 18.7 Å². The van der Waals surface area contributed by atoms with Gasteiger partial charge in [0.2, 0.25) is 16.0 Å². The Labute approximate surface area is 187 Å². The van der Waals surface area contributed by atoms with E-state index in [1.807, 2.05) is 6.20 Å². The van der Waals surface area contributed by atoms with Crippen molar-refractivity contribution in [3.8, 4) is 11.3 Å². The summed E-state index contributed by atoms with van der Waals surface area (Å²) >= 11 is 0. The molecule has 2 saturated heterocycles. The molecule has 172 valence electrons. The minimum atomic E-state index is -3.17. The van der Waals surface area contributed by atoms with E-state index in [0.29, 0.717) is 25.5 Å². The predicted octanol–water partition coefficient (Wildman–Crippen LogP) is 1.59. The molecule has 2 atom stereocenters. The first-order valence-corrected chi connectivity index (χ1v) is 13.0. The maximum atomic E-state index is 11.9. The molecule has 0 bridgehead atoms. The number of nitrogens with zero attached hydrogens (tertiary/aromatic N) is 7. The summed E-state index contributed by atoms with van der Waals surface area (Å²) in [5.74, 6) is 0.685. The number of aromatic amines is 1. The summed E-state index contributed by atoms with van der Waals surface area (Å²) in [4.78, 5) is 11.9. The smallest absolute Gasteiger partial charge is 0.243 e. The molecule has 2 N–H and O–H groups in total. The molecule has 2 aliphatic rings. The molecule has 0 aromatic carbocycles. The summed E-state index contributed by atoms with van der Waals surface area (Å²) < 4.78 is 27.1. The van der Waals surface area contributed by atoms with Crippen LogP contribution in [0.3, 0.4) is 0 Å². The molecule has 3 aromatic heterocycles. The Morgan fingerprint density at radius 1 is 1.19 bits per heavy atom. The average molecular weight is 460 g/mol. The second kappa shape index (κ2) is 8.32. The second-order valence-corrected chi connectivity index (χ2v) is 10.8. The monoisotopic (exact) mass is 459 g/mol. The molecule has 5 rings (SSSR count). The molecule has 3 aromatic rings. The first-order chi connectivity index (χ1) is 15.4. The number of nitrogens with one attached hydrogen (secondary N) is 2. The molecule has 0 spiro atoms. The van der Waals surface area contributed by atoms with Crippen LogP contribution in [0.4, 0.5) is 11.6 Å². The fourth-order valence-corrected chi connectivity index (χ4v) is 5.64. The van der Waals surface area contributed by atoms with E-state index in [1.165, 1.54) is 12.7 Å². The second-order valence-electron chi connectivity index (χ2n) is 8.82. The van der Waals surface area contributed by atoms with Crippen molar-refractivity contribution in [2.24, 2.45) is 5.92 Å². The van der Waals surface area contributed by atoms with Gasteiger partial charge in [0, 0.05) is 44.0 Å². The van der Waals surface area contributed by atoms with Crippen molar-refractivity contribution in [2.45, 2.75) is 38.6 Å². The molecule has 0 aliphatic carbocycles. The third-order valence-electron chi connectivity index (χ3n) is 6.46. The molecular formula is C20H29N9O2S. The maximum Gasteiger partial charge on any atom is 0.243 e. The highest BCUT2D eigenvalue weighted by Crippen LogP contribution is 2.34. The molecule has 2 aliphatic heterocycles. The molecule has 5 heterocycles. The lowest BCUT2D eigenvalue weighted by Crippen LogP contribution is -2.47. The van der Waals surface area contributed by atoms with Gasteiger partial charge in [0.25, 0.3) is 0 Å². The van der Waals surface area contributed by atoms with E-state index in [0.717, 1.165) is 48.5 Å². The normalized spacial score (nSPS) is 23.0. The van der Waals surface area contributed by atoms with Crippen LogP contribution in [0, 0.1) is 5.92 Å². The van der Waals surface area contributed by atoms with Crippen LogP contribution in [-0.4, -0.2) is 81.0 Å². The van der Waals surface area contributed by atoms with Crippen molar-refractivity contribution in [3.63, 3.8) is 0 Å². The molecule has 0 radical (unpaired) electrons. The van der Waals surface area contributed by atoms with E-state index in [2.05, 4.69) is 32.4 Å². The van der Waals surface area contributed by atoms with Gasteiger partial charge < -0.3 is 10.2 Å². The molecule has 0 saturated carbocycles. The number of hydrogen-bond acceptors (Lipinski definition) is 8. The maximum absolute atomic E-state index is 11.9. The topological polar surface area (TPSA) is 124 Å². The van der Waals surface area contributed by atoms with Gasteiger partial charge in [-0.15, -0.1) is 5.10 Å². The third-order valence-corrected chi connectivity index (χ3v) is 7.73. The zero-order chi connectivity index (χ0) is 22.3. The summed E-state index contributed by atoms with van der Waals surface area (Å²) in [5.41, 5.74) is 3.52. The highest BCUT2D eigenvalue weighted by molar-refractivity contribution is 7.88. The summed E-state index contributed by atoms with van der Waals surface area (Å²) in [7, 11) is -3.17. The Balaban J connectivity index is 1.46. The van der Waals surface area contributed by atoms with Crippen LogP contribution in [0.1, 0.15) is 32.6 Å². The summed E-state index contributed by atoms with van der Waals surface area (Å²) in [5, 5.41) is 15.1. The number of hydrogen-bond donors (Lipinski definition) is 2. The first-order valence-electron chi connectivity index (χ1n) is 11.1. The summed E-state index contributed by atoms with van der Waals surface area (Å²) in [6.07, 6.45) is 10.8. The van der Waals surface area contributed by atoms with Gasteiger partial charge in [0.15, 0.2) is 5.65 Å². The van der Waals surface area contributed by atoms with E-state index >= 15 is 0 Å². The number of anilines is 2. The predicted molar refractivity (Wildman–Crippen MR) is 122 cm³/mol.